The summed E-state index contributed by atoms with van der Waals surface area (Å²) in [6.07, 6.45) is -1.40. The summed E-state index contributed by atoms with van der Waals surface area (Å²) in [7, 11) is 0. The zero-order chi connectivity index (χ0) is 18.5. The average molecular weight is 345 g/mol. The lowest BCUT2D eigenvalue weighted by atomic mass is 10.1. The van der Waals surface area contributed by atoms with Crippen LogP contribution in [0.4, 0.5) is 26.7 Å². The van der Waals surface area contributed by atoms with Gasteiger partial charge in [-0.1, -0.05) is 12.1 Å². The molecule has 0 saturated heterocycles. The van der Waals surface area contributed by atoms with Gasteiger partial charge in [-0.2, -0.15) is 5.26 Å². The van der Waals surface area contributed by atoms with Gasteiger partial charge in [-0.3, -0.25) is 0 Å². The maximum atomic E-state index is 12.1. The molecule has 0 bridgehead atoms. The normalized spacial score (nSPS) is 9.96. The highest BCUT2D eigenvalue weighted by Crippen LogP contribution is 2.21. The molecule has 0 unspecified atom stereocenters. The molecular weight excluding hydrogens is 332 g/mol. The fourth-order valence-electron chi connectivity index (χ4n) is 2.44. The number of nitrogens with one attached hydrogen (secondary N) is 3. The molecule has 0 aliphatic rings. The Hall–Kier alpha value is -4.05. The van der Waals surface area contributed by atoms with Crippen molar-refractivity contribution in [3.05, 3.63) is 66.2 Å². The van der Waals surface area contributed by atoms with E-state index < -0.39 is 12.1 Å². The Morgan fingerprint density at radius 2 is 1.31 bits per heavy atom. The Balaban J connectivity index is 1.67. The summed E-state index contributed by atoms with van der Waals surface area (Å²) >= 11 is 0. The van der Waals surface area contributed by atoms with Crippen LogP contribution >= 0.6 is 0 Å². The van der Waals surface area contributed by atoms with Crippen LogP contribution in [0.3, 0.4) is 0 Å². The number of anilines is 3. The molecular formula is C19H13N4O3-. The van der Waals surface area contributed by atoms with Crippen LogP contribution in [0, 0.1) is 11.3 Å². The van der Waals surface area contributed by atoms with E-state index in [9.17, 15) is 14.7 Å². The molecule has 0 heterocycles. The minimum absolute atomic E-state index is 0.349. The SMILES string of the molecule is N#Cc1ccc2cc(NC(=O)Nc3ccc(NC(=O)[O-])cc3)ccc2c1. The molecule has 3 rings (SSSR count). The van der Waals surface area contributed by atoms with Gasteiger partial charge in [0.1, 0.15) is 6.09 Å². The number of carbonyl (C=O) groups is 2. The van der Waals surface area contributed by atoms with Crippen LogP contribution in [0.5, 0.6) is 0 Å². The van der Waals surface area contributed by atoms with E-state index in [1.807, 2.05) is 18.2 Å². The van der Waals surface area contributed by atoms with Gasteiger partial charge in [-0.25, -0.2) is 4.79 Å². The zero-order valence-electron chi connectivity index (χ0n) is 13.4. The Morgan fingerprint density at radius 3 is 1.96 bits per heavy atom. The van der Waals surface area contributed by atoms with Crippen LogP contribution in [0.1, 0.15) is 5.56 Å². The van der Waals surface area contributed by atoms with Crippen molar-refractivity contribution in [3.8, 4) is 6.07 Å². The number of nitrogens with zero attached hydrogens (tertiary/aromatic N) is 1. The van der Waals surface area contributed by atoms with E-state index in [1.54, 1.807) is 30.3 Å². The maximum Gasteiger partial charge on any atom is 0.323 e. The van der Waals surface area contributed by atoms with Crippen LogP contribution in [0.15, 0.2) is 60.7 Å². The van der Waals surface area contributed by atoms with E-state index in [0.717, 1.165) is 10.8 Å². The van der Waals surface area contributed by atoms with Gasteiger partial charge < -0.3 is 25.9 Å². The van der Waals surface area contributed by atoms with E-state index in [1.165, 1.54) is 12.1 Å². The number of carbonyl (C=O) groups excluding carboxylic acids is 2. The molecule has 3 amide bonds. The first kappa shape index (κ1) is 16.8. The summed E-state index contributed by atoms with van der Waals surface area (Å²) in [4.78, 5) is 22.5. The predicted octanol–water partition coefficient (Wildman–Crippen LogP) is 3.11. The number of urea groups is 1. The Kier molecular flexibility index (Phi) is 4.67. The number of fused-ring (bicyclic) bond motifs is 1. The van der Waals surface area contributed by atoms with Crippen molar-refractivity contribution < 1.29 is 14.7 Å². The van der Waals surface area contributed by atoms with Crippen LogP contribution in [-0.2, 0) is 0 Å². The second kappa shape index (κ2) is 7.23. The molecule has 0 fully saturated rings. The van der Waals surface area contributed by atoms with Crippen LogP contribution in [0.2, 0.25) is 0 Å². The van der Waals surface area contributed by atoms with Crippen molar-refractivity contribution in [2.75, 3.05) is 16.0 Å². The van der Waals surface area contributed by atoms with Crippen molar-refractivity contribution in [1.29, 1.82) is 5.26 Å². The van der Waals surface area contributed by atoms with Crippen molar-refractivity contribution in [2.45, 2.75) is 0 Å². The lowest BCUT2D eigenvalue weighted by Crippen LogP contribution is -2.28. The van der Waals surface area contributed by atoms with Gasteiger partial charge in [0.2, 0.25) is 0 Å². The summed E-state index contributed by atoms with van der Waals surface area (Å²) in [6, 6.07) is 18.5. The summed E-state index contributed by atoms with van der Waals surface area (Å²) in [5.74, 6) is 0. The van der Waals surface area contributed by atoms with Gasteiger partial charge in [0.25, 0.3) is 0 Å². The molecule has 7 nitrogen and oxygen atoms in total. The van der Waals surface area contributed by atoms with Gasteiger partial charge in [-0.15, -0.1) is 0 Å². The third-order valence-electron chi connectivity index (χ3n) is 3.62. The quantitative estimate of drug-likeness (QED) is 0.676. The van der Waals surface area contributed by atoms with Crippen molar-refractivity contribution >= 4 is 40.0 Å². The standard InChI is InChI=1S/C19H14N4O3/c20-11-12-1-2-14-10-17(4-3-13(14)9-12)22-18(24)21-15-5-7-16(8-6-15)23-19(25)26/h1-10,23H,(H,25,26)(H2,21,22,24)/p-1. The smallest absolute Gasteiger partial charge is 0.323 e. The molecule has 3 aromatic rings. The first-order valence-corrected chi connectivity index (χ1v) is 7.63. The first-order valence-electron chi connectivity index (χ1n) is 7.63. The van der Waals surface area contributed by atoms with Crippen molar-refractivity contribution in [3.63, 3.8) is 0 Å². The first-order chi connectivity index (χ1) is 12.5. The highest BCUT2D eigenvalue weighted by Gasteiger charge is 2.04. The molecule has 0 aromatic heterocycles. The molecule has 0 saturated carbocycles. The topological polar surface area (TPSA) is 117 Å². The number of nitriles is 1. The largest absolute Gasteiger partial charge is 0.530 e. The van der Waals surface area contributed by atoms with Gasteiger partial charge in [0, 0.05) is 17.1 Å². The van der Waals surface area contributed by atoms with Crippen molar-refractivity contribution in [1.82, 2.24) is 0 Å². The van der Waals surface area contributed by atoms with Crippen molar-refractivity contribution in [2.24, 2.45) is 0 Å². The molecule has 128 valence electrons. The summed E-state index contributed by atoms with van der Waals surface area (Å²) in [5, 5.41) is 28.7. The van der Waals surface area contributed by atoms with E-state index in [-0.39, 0.29) is 0 Å². The number of carboxylic acid groups (broad SMARTS) is 1. The number of amides is 3. The predicted molar refractivity (Wildman–Crippen MR) is 96.8 cm³/mol. The number of hydrogen-bond acceptors (Lipinski definition) is 4. The van der Waals surface area contributed by atoms with Crippen LogP contribution in [0.25, 0.3) is 10.8 Å². The monoisotopic (exact) mass is 345 g/mol. The second-order valence-electron chi connectivity index (χ2n) is 5.46. The average Bonchev–Trinajstić information content (AvgIpc) is 2.62. The summed E-state index contributed by atoms with van der Waals surface area (Å²) < 4.78 is 0. The van der Waals surface area contributed by atoms with E-state index in [0.29, 0.717) is 22.6 Å². The lowest BCUT2D eigenvalue weighted by Gasteiger charge is -2.10. The van der Waals surface area contributed by atoms with Gasteiger partial charge in [0.15, 0.2) is 0 Å². The second-order valence-corrected chi connectivity index (χ2v) is 5.46. The molecule has 3 N–H and O–H groups in total. The van der Waals surface area contributed by atoms with Crippen LogP contribution < -0.4 is 21.1 Å². The summed E-state index contributed by atoms with van der Waals surface area (Å²) in [6.45, 7) is 0. The molecule has 26 heavy (non-hydrogen) atoms. The number of rotatable bonds is 3. The van der Waals surface area contributed by atoms with Gasteiger partial charge >= 0.3 is 6.03 Å². The number of hydrogen-bond donors (Lipinski definition) is 3. The fourth-order valence-corrected chi connectivity index (χ4v) is 2.44. The van der Waals surface area contributed by atoms with Gasteiger partial charge in [0.05, 0.1) is 11.6 Å². The van der Waals surface area contributed by atoms with E-state index in [2.05, 4.69) is 22.0 Å². The molecule has 0 atom stereocenters. The Bertz CT molecular complexity index is 1020. The highest BCUT2D eigenvalue weighted by atomic mass is 16.4. The van der Waals surface area contributed by atoms with Gasteiger partial charge in [-0.05, 0) is 59.3 Å². The molecule has 0 radical (unpaired) electrons. The Morgan fingerprint density at radius 1 is 0.769 bits per heavy atom. The molecule has 0 aliphatic heterocycles. The maximum absolute atomic E-state index is 12.1. The minimum atomic E-state index is -1.40. The zero-order valence-corrected chi connectivity index (χ0v) is 13.4. The lowest BCUT2D eigenvalue weighted by molar-refractivity contribution is -0.242. The fraction of sp³-hybridized carbons (Fsp3) is 0. The number of benzene rings is 3. The third-order valence-corrected chi connectivity index (χ3v) is 3.62. The molecule has 7 heteroatoms. The molecule has 0 spiro atoms. The Labute approximate surface area is 148 Å². The highest BCUT2D eigenvalue weighted by molar-refractivity contribution is 6.01. The van der Waals surface area contributed by atoms with Crippen LogP contribution in [-0.4, -0.2) is 12.1 Å². The minimum Gasteiger partial charge on any atom is -0.530 e. The third kappa shape index (κ3) is 4.07. The van der Waals surface area contributed by atoms with E-state index in [4.69, 9.17) is 5.26 Å². The summed E-state index contributed by atoms with van der Waals surface area (Å²) in [5.41, 5.74) is 2.04. The van der Waals surface area contributed by atoms with E-state index >= 15 is 0 Å². The molecule has 0 aliphatic carbocycles. The molecule has 3 aromatic carbocycles.